The van der Waals surface area contributed by atoms with Crippen LogP contribution in [0.3, 0.4) is 0 Å². The molecule has 1 unspecified atom stereocenters. The topological polar surface area (TPSA) is 115 Å². The van der Waals surface area contributed by atoms with E-state index in [9.17, 15) is 17.6 Å². The monoisotopic (exact) mass is 516 g/mol. The van der Waals surface area contributed by atoms with E-state index in [4.69, 9.17) is 21.5 Å². The Kier molecular flexibility index (Phi) is 6.52. The molecule has 4 rings (SSSR count). The molecule has 11 heteroatoms. The van der Waals surface area contributed by atoms with Gasteiger partial charge in [0.2, 0.25) is 0 Å². The predicted molar refractivity (Wildman–Crippen MR) is 131 cm³/mol. The summed E-state index contributed by atoms with van der Waals surface area (Å²) in [5.41, 5.74) is 6.00. The van der Waals surface area contributed by atoms with Crippen molar-refractivity contribution >= 4 is 33.6 Å². The molecule has 3 aromatic rings. The predicted octanol–water partition coefficient (Wildman–Crippen LogP) is 3.69. The average Bonchev–Trinajstić information content (AvgIpc) is 3.06. The second-order valence-electron chi connectivity index (χ2n) is 7.96. The van der Waals surface area contributed by atoms with Crippen LogP contribution < -0.4 is 9.92 Å². The van der Waals surface area contributed by atoms with Gasteiger partial charge in [0.15, 0.2) is 22.5 Å². The van der Waals surface area contributed by atoms with Gasteiger partial charge >= 0.3 is 10.1 Å². The summed E-state index contributed by atoms with van der Waals surface area (Å²) in [5.74, 6) is -1.12. The fraction of sp³-hybridized carbons (Fsp3) is 0.208. The van der Waals surface area contributed by atoms with E-state index in [1.54, 1.807) is 43.3 Å². The van der Waals surface area contributed by atoms with Crippen LogP contribution in [0.4, 0.5) is 4.39 Å². The van der Waals surface area contributed by atoms with Crippen molar-refractivity contribution in [2.24, 2.45) is 10.7 Å². The zero-order chi connectivity index (χ0) is 25.4. The number of hydrogen-bond donors (Lipinski definition) is 1. The van der Waals surface area contributed by atoms with Crippen LogP contribution in [-0.4, -0.2) is 43.0 Å². The van der Waals surface area contributed by atoms with E-state index in [0.717, 1.165) is 0 Å². The van der Waals surface area contributed by atoms with Gasteiger partial charge < -0.3 is 9.92 Å². The lowest BCUT2D eigenvalue weighted by atomic mass is 9.81. The van der Waals surface area contributed by atoms with Crippen LogP contribution >= 0.6 is 11.6 Å². The maximum Gasteiger partial charge on any atom is 0.309 e. The molecule has 2 N–H and O–H groups in total. The SMILES string of the molecule is CCCS(=O)(=O)Oc1ccc(C2(c3cccc(-c4ccnc(Cl)c4F)c3)N=C(N)N(C)C2=O)cc1. The molecular formula is C24H22ClFN4O4S. The summed E-state index contributed by atoms with van der Waals surface area (Å²) in [6.45, 7) is 1.73. The summed E-state index contributed by atoms with van der Waals surface area (Å²) in [6, 6.07) is 14.2. The Balaban J connectivity index is 1.83. The molecule has 8 nitrogen and oxygen atoms in total. The first-order valence-corrected chi connectivity index (χ1v) is 12.6. The summed E-state index contributed by atoms with van der Waals surface area (Å²) < 4.78 is 43.8. The van der Waals surface area contributed by atoms with E-state index in [2.05, 4.69) is 9.98 Å². The van der Waals surface area contributed by atoms with Gasteiger partial charge in [0, 0.05) is 18.8 Å². The minimum Gasteiger partial charge on any atom is -0.382 e. The van der Waals surface area contributed by atoms with Crippen LogP contribution in [0.1, 0.15) is 24.5 Å². The van der Waals surface area contributed by atoms with Crippen LogP contribution in [0.25, 0.3) is 11.1 Å². The third-order valence-corrected chi connectivity index (χ3v) is 7.25. The van der Waals surface area contributed by atoms with Crippen LogP contribution in [0, 0.1) is 5.82 Å². The average molecular weight is 517 g/mol. The second-order valence-corrected chi connectivity index (χ2v) is 10.0. The van der Waals surface area contributed by atoms with E-state index in [0.29, 0.717) is 23.1 Å². The maximum absolute atomic E-state index is 14.7. The Bertz CT molecular complexity index is 1430. The molecule has 0 fully saturated rings. The summed E-state index contributed by atoms with van der Waals surface area (Å²) in [6.07, 6.45) is 1.80. The first-order chi connectivity index (χ1) is 16.6. The second kappa shape index (κ2) is 9.27. The molecule has 1 aromatic heterocycles. The number of nitrogens with two attached hydrogens (primary N) is 1. The molecule has 1 aliphatic rings. The first kappa shape index (κ1) is 24.6. The molecule has 2 aromatic carbocycles. The number of benzene rings is 2. The molecule has 0 saturated carbocycles. The number of pyridine rings is 1. The number of aliphatic imine (C=N–C) groups is 1. The van der Waals surface area contributed by atoms with Gasteiger partial charge in [-0.3, -0.25) is 9.69 Å². The number of halogens is 2. The van der Waals surface area contributed by atoms with E-state index >= 15 is 0 Å². The number of aromatic nitrogens is 1. The van der Waals surface area contributed by atoms with Gasteiger partial charge in [-0.2, -0.15) is 8.42 Å². The highest BCUT2D eigenvalue weighted by atomic mass is 35.5. The number of carbonyl (C=O) groups excluding carboxylic acids is 1. The van der Waals surface area contributed by atoms with Crippen LogP contribution in [0.2, 0.25) is 5.15 Å². The summed E-state index contributed by atoms with van der Waals surface area (Å²) in [7, 11) is -2.23. The fourth-order valence-corrected chi connectivity index (χ4v) is 5.07. The number of nitrogens with zero attached hydrogens (tertiary/aromatic N) is 3. The Morgan fingerprint density at radius 1 is 1.14 bits per heavy atom. The van der Waals surface area contributed by atoms with Gasteiger partial charge in [-0.05, 0) is 47.4 Å². The van der Waals surface area contributed by atoms with Crippen molar-refractivity contribution in [3.05, 3.63) is 82.9 Å². The zero-order valence-corrected chi connectivity index (χ0v) is 20.5. The highest BCUT2D eigenvalue weighted by molar-refractivity contribution is 7.87. The molecule has 0 radical (unpaired) electrons. The minimum atomic E-state index is -3.73. The number of hydrogen-bond acceptors (Lipinski definition) is 7. The molecule has 0 aliphatic carbocycles. The lowest BCUT2D eigenvalue weighted by Crippen LogP contribution is -2.41. The molecule has 1 amide bonds. The molecule has 0 saturated heterocycles. The van der Waals surface area contributed by atoms with Crippen LogP contribution in [-0.2, 0) is 20.5 Å². The molecule has 182 valence electrons. The lowest BCUT2D eigenvalue weighted by Gasteiger charge is -2.26. The molecule has 1 aliphatic heterocycles. The number of likely N-dealkylation sites (N-methyl/N-ethyl adjacent to an activating group) is 1. The molecule has 2 heterocycles. The molecule has 1 atom stereocenters. The van der Waals surface area contributed by atoms with Gasteiger partial charge in [0.25, 0.3) is 5.91 Å². The molecule has 0 spiro atoms. The zero-order valence-electron chi connectivity index (χ0n) is 18.9. The largest absolute Gasteiger partial charge is 0.382 e. The van der Waals surface area contributed by atoms with Gasteiger partial charge in [-0.25, -0.2) is 14.4 Å². The van der Waals surface area contributed by atoms with Gasteiger partial charge in [0.1, 0.15) is 5.75 Å². The van der Waals surface area contributed by atoms with Crippen molar-refractivity contribution in [3.8, 4) is 16.9 Å². The van der Waals surface area contributed by atoms with Gasteiger partial charge in [0.05, 0.1) is 5.75 Å². The Morgan fingerprint density at radius 3 is 2.49 bits per heavy atom. The van der Waals surface area contributed by atoms with Crippen LogP contribution in [0.15, 0.2) is 65.8 Å². The molecule has 0 bridgehead atoms. The van der Waals surface area contributed by atoms with Crippen molar-refractivity contribution in [2.75, 3.05) is 12.8 Å². The standard InChI is InChI=1S/C24H22ClFN4O4S/c1-3-13-35(32,33)34-18-9-7-16(8-10-18)24(22(31)30(2)23(27)29-24)17-6-4-5-15(14-17)19-11-12-28-21(25)20(19)26/h4-12,14H,3,13H2,1-2H3,(H2,27,29). The Labute approximate surface area is 207 Å². The number of guanidine groups is 1. The highest BCUT2D eigenvalue weighted by Gasteiger charge is 2.49. The van der Waals surface area contributed by atoms with E-state index in [1.165, 1.54) is 36.3 Å². The van der Waals surface area contributed by atoms with Gasteiger partial charge in [-0.15, -0.1) is 0 Å². The summed E-state index contributed by atoms with van der Waals surface area (Å²) >= 11 is 5.86. The van der Waals surface area contributed by atoms with E-state index in [1.807, 2.05) is 0 Å². The normalized spacial score (nSPS) is 18.0. The van der Waals surface area contributed by atoms with Gasteiger partial charge in [-0.1, -0.05) is 48.9 Å². The lowest BCUT2D eigenvalue weighted by molar-refractivity contribution is -0.129. The fourth-order valence-electron chi connectivity index (χ4n) is 3.93. The quantitative estimate of drug-likeness (QED) is 0.378. The third-order valence-electron chi connectivity index (χ3n) is 5.63. The Morgan fingerprint density at radius 2 is 1.86 bits per heavy atom. The van der Waals surface area contributed by atoms with Crippen molar-refractivity contribution < 1.29 is 21.8 Å². The Hall–Kier alpha value is -3.50. The van der Waals surface area contributed by atoms with Crippen LogP contribution in [0.5, 0.6) is 5.75 Å². The minimum absolute atomic E-state index is 0.00406. The number of carbonyl (C=O) groups is 1. The number of amides is 1. The molecule has 35 heavy (non-hydrogen) atoms. The smallest absolute Gasteiger partial charge is 0.309 e. The van der Waals surface area contributed by atoms with Crippen molar-refractivity contribution in [1.82, 2.24) is 9.88 Å². The summed E-state index contributed by atoms with van der Waals surface area (Å²) in [5, 5.41) is -0.268. The van der Waals surface area contributed by atoms with Crippen molar-refractivity contribution in [3.63, 3.8) is 0 Å². The first-order valence-electron chi connectivity index (χ1n) is 10.7. The van der Waals surface area contributed by atoms with Crippen molar-refractivity contribution in [1.29, 1.82) is 0 Å². The highest BCUT2D eigenvalue weighted by Crippen LogP contribution is 2.41. The number of rotatable bonds is 7. The van der Waals surface area contributed by atoms with Crippen molar-refractivity contribution in [2.45, 2.75) is 18.9 Å². The third kappa shape index (κ3) is 4.46. The molecular weight excluding hydrogens is 495 g/mol. The van der Waals surface area contributed by atoms with E-state index < -0.39 is 27.4 Å². The van der Waals surface area contributed by atoms with E-state index in [-0.39, 0.29) is 28.2 Å². The maximum atomic E-state index is 14.7. The summed E-state index contributed by atoms with van der Waals surface area (Å²) in [4.78, 5) is 23.0.